The van der Waals surface area contributed by atoms with Crippen molar-refractivity contribution in [2.75, 3.05) is 7.11 Å². The average molecular weight is 255 g/mol. The molecule has 2 fully saturated rings. The molecule has 1 unspecified atom stereocenters. The van der Waals surface area contributed by atoms with Gasteiger partial charge in [-0.1, -0.05) is 0 Å². The number of esters is 1. The first-order valence-electron chi connectivity index (χ1n) is 6.42. The van der Waals surface area contributed by atoms with Crippen molar-refractivity contribution in [1.29, 1.82) is 0 Å². The molecule has 2 aliphatic rings. The van der Waals surface area contributed by atoms with Crippen LogP contribution in [0.3, 0.4) is 0 Å². The lowest BCUT2D eigenvalue weighted by atomic mass is 9.99. The third kappa shape index (κ3) is 2.31. The normalized spacial score (nSPS) is 30.4. The van der Waals surface area contributed by atoms with Crippen LogP contribution in [0.4, 0.5) is 4.79 Å². The molecule has 1 amide bonds. The monoisotopic (exact) mass is 255 g/mol. The summed E-state index contributed by atoms with van der Waals surface area (Å²) < 4.78 is 10.2. The molecule has 0 aromatic heterocycles. The molecule has 3 atom stereocenters. The SMILES string of the molecule is COC(=O)[C@@H]1[C@H]2CCC(C2)N1C(=O)OC(C)(C)C. The first kappa shape index (κ1) is 13.2. The van der Waals surface area contributed by atoms with E-state index >= 15 is 0 Å². The second kappa shape index (κ2) is 4.44. The Balaban J connectivity index is 2.14. The summed E-state index contributed by atoms with van der Waals surface area (Å²) in [5, 5.41) is 0. The Morgan fingerprint density at radius 1 is 1.22 bits per heavy atom. The highest BCUT2D eigenvalue weighted by Crippen LogP contribution is 2.43. The Kier molecular flexibility index (Phi) is 3.25. The van der Waals surface area contributed by atoms with Crippen LogP contribution in [0.5, 0.6) is 0 Å². The van der Waals surface area contributed by atoms with Crippen LogP contribution in [-0.4, -0.2) is 41.8 Å². The van der Waals surface area contributed by atoms with E-state index in [4.69, 9.17) is 9.47 Å². The van der Waals surface area contributed by atoms with Crippen molar-refractivity contribution >= 4 is 12.1 Å². The molecule has 1 aliphatic carbocycles. The van der Waals surface area contributed by atoms with Crippen molar-refractivity contribution in [2.45, 2.75) is 57.7 Å². The molecule has 102 valence electrons. The Morgan fingerprint density at radius 3 is 2.44 bits per heavy atom. The Morgan fingerprint density at radius 2 is 1.89 bits per heavy atom. The van der Waals surface area contributed by atoms with Gasteiger partial charge in [0.05, 0.1) is 7.11 Å². The molecule has 1 saturated heterocycles. The number of carbonyl (C=O) groups excluding carboxylic acids is 2. The highest BCUT2D eigenvalue weighted by Gasteiger charge is 2.53. The zero-order chi connectivity index (χ0) is 13.5. The molecule has 0 spiro atoms. The van der Waals surface area contributed by atoms with Crippen LogP contribution in [-0.2, 0) is 14.3 Å². The number of amides is 1. The Hall–Kier alpha value is -1.26. The standard InChI is InChI=1S/C13H21NO4/c1-13(2,3)18-12(16)14-9-6-5-8(7-9)10(14)11(15)17-4/h8-10H,5-7H2,1-4H3/t8-,9?,10-/m0/s1. The van der Waals surface area contributed by atoms with E-state index in [1.807, 2.05) is 20.8 Å². The molecule has 2 rings (SSSR count). The van der Waals surface area contributed by atoms with E-state index in [1.165, 1.54) is 7.11 Å². The van der Waals surface area contributed by atoms with Crippen LogP contribution in [0.25, 0.3) is 0 Å². The van der Waals surface area contributed by atoms with E-state index in [0.29, 0.717) is 0 Å². The molecule has 5 heteroatoms. The van der Waals surface area contributed by atoms with Crippen molar-refractivity contribution in [3.63, 3.8) is 0 Å². The van der Waals surface area contributed by atoms with Crippen molar-refractivity contribution in [3.05, 3.63) is 0 Å². The molecule has 0 aromatic carbocycles. The quantitative estimate of drug-likeness (QED) is 0.672. The number of piperidine rings is 1. The smallest absolute Gasteiger partial charge is 0.411 e. The van der Waals surface area contributed by atoms with Gasteiger partial charge in [-0.15, -0.1) is 0 Å². The van der Waals surface area contributed by atoms with Gasteiger partial charge in [0.1, 0.15) is 11.6 Å². The number of ether oxygens (including phenoxy) is 2. The molecule has 2 bridgehead atoms. The van der Waals surface area contributed by atoms with Crippen molar-refractivity contribution in [2.24, 2.45) is 5.92 Å². The van der Waals surface area contributed by atoms with Crippen LogP contribution >= 0.6 is 0 Å². The van der Waals surface area contributed by atoms with Crippen LogP contribution in [0, 0.1) is 5.92 Å². The van der Waals surface area contributed by atoms with Gasteiger partial charge in [0.25, 0.3) is 0 Å². The van der Waals surface area contributed by atoms with Gasteiger partial charge in [-0.05, 0) is 46.0 Å². The fourth-order valence-electron chi connectivity index (χ4n) is 2.99. The summed E-state index contributed by atoms with van der Waals surface area (Å²) in [5.74, 6) is -0.0944. The highest BCUT2D eigenvalue weighted by atomic mass is 16.6. The van der Waals surface area contributed by atoms with Gasteiger partial charge in [0.15, 0.2) is 0 Å². The first-order chi connectivity index (χ1) is 8.33. The predicted octanol–water partition coefficient (Wildman–Crippen LogP) is 1.95. The van der Waals surface area contributed by atoms with E-state index in [-0.39, 0.29) is 17.9 Å². The van der Waals surface area contributed by atoms with Gasteiger partial charge in [0, 0.05) is 6.04 Å². The first-order valence-corrected chi connectivity index (χ1v) is 6.42. The summed E-state index contributed by atoms with van der Waals surface area (Å²) in [5.41, 5.74) is -0.542. The fraction of sp³-hybridized carbons (Fsp3) is 0.846. The minimum atomic E-state index is -0.542. The topological polar surface area (TPSA) is 55.8 Å². The van der Waals surface area contributed by atoms with Crippen molar-refractivity contribution < 1.29 is 19.1 Å². The molecule has 18 heavy (non-hydrogen) atoms. The lowest BCUT2D eigenvalue weighted by Gasteiger charge is -2.34. The third-order valence-electron chi connectivity index (χ3n) is 3.63. The maximum atomic E-state index is 12.2. The van der Waals surface area contributed by atoms with E-state index in [9.17, 15) is 9.59 Å². The number of likely N-dealkylation sites (tertiary alicyclic amines) is 1. The summed E-state index contributed by atoms with van der Waals surface area (Å²) >= 11 is 0. The van der Waals surface area contributed by atoms with Crippen LogP contribution in [0.2, 0.25) is 0 Å². The number of hydrogen-bond acceptors (Lipinski definition) is 4. The fourth-order valence-corrected chi connectivity index (χ4v) is 2.99. The molecular formula is C13H21NO4. The van der Waals surface area contributed by atoms with Crippen LogP contribution < -0.4 is 0 Å². The lowest BCUT2D eigenvalue weighted by Crippen LogP contribution is -2.51. The number of nitrogens with zero attached hydrogens (tertiary/aromatic N) is 1. The van der Waals surface area contributed by atoms with E-state index in [0.717, 1.165) is 19.3 Å². The van der Waals surface area contributed by atoms with Gasteiger partial charge < -0.3 is 9.47 Å². The van der Waals surface area contributed by atoms with Gasteiger partial charge >= 0.3 is 12.1 Å². The number of hydrogen-bond donors (Lipinski definition) is 0. The predicted molar refractivity (Wildman–Crippen MR) is 65.0 cm³/mol. The summed E-state index contributed by atoms with van der Waals surface area (Å²) in [6.07, 6.45) is 2.44. The van der Waals surface area contributed by atoms with Crippen LogP contribution in [0.1, 0.15) is 40.0 Å². The van der Waals surface area contributed by atoms with E-state index in [1.54, 1.807) is 4.90 Å². The molecule has 1 saturated carbocycles. The summed E-state index contributed by atoms with van der Waals surface area (Å²) in [4.78, 5) is 25.6. The van der Waals surface area contributed by atoms with Gasteiger partial charge in [-0.25, -0.2) is 9.59 Å². The highest BCUT2D eigenvalue weighted by molar-refractivity contribution is 5.83. The number of rotatable bonds is 1. The zero-order valence-corrected chi connectivity index (χ0v) is 11.4. The third-order valence-corrected chi connectivity index (χ3v) is 3.63. The van der Waals surface area contributed by atoms with E-state index in [2.05, 4.69) is 0 Å². The second-order valence-electron chi connectivity index (χ2n) is 6.08. The van der Waals surface area contributed by atoms with E-state index < -0.39 is 17.7 Å². The zero-order valence-electron chi connectivity index (χ0n) is 11.4. The van der Waals surface area contributed by atoms with Crippen LogP contribution in [0.15, 0.2) is 0 Å². The van der Waals surface area contributed by atoms with Crippen molar-refractivity contribution in [1.82, 2.24) is 4.90 Å². The van der Waals surface area contributed by atoms with Gasteiger partial charge in [-0.3, -0.25) is 4.90 Å². The molecular weight excluding hydrogens is 234 g/mol. The lowest BCUT2D eigenvalue weighted by molar-refractivity contribution is -0.148. The maximum absolute atomic E-state index is 12.2. The molecule has 0 aromatic rings. The summed E-state index contributed by atoms with van der Waals surface area (Å²) in [6, 6.07) is -0.322. The molecule has 1 aliphatic heterocycles. The average Bonchev–Trinajstić information content (AvgIpc) is 2.84. The number of methoxy groups -OCH3 is 1. The largest absolute Gasteiger partial charge is 0.467 e. The molecule has 0 radical (unpaired) electrons. The molecule has 1 heterocycles. The van der Waals surface area contributed by atoms with Gasteiger partial charge in [-0.2, -0.15) is 0 Å². The second-order valence-corrected chi connectivity index (χ2v) is 6.08. The van der Waals surface area contributed by atoms with Crippen molar-refractivity contribution in [3.8, 4) is 0 Å². The number of fused-ring (bicyclic) bond motifs is 2. The molecule has 0 N–H and O–H groups in total. The Labute approximate surface area is 107 Å². The minimum Gasteiger partial charge on any atom is -0.467 e. The summed E-state index contributed by atoms with van der Waals surface area (Å²) in [6.45, 7) is 5.48. The minimum absolute atomic E-state index is 0.133. The maximum Gasteiger partial charge on any atom is 0.411 e. The Bertz CT molecular complexity index is 360. The molecule has 5 nitrogen and oxygen atoms in total. The number of carbonyl (C=O) groups is 2. The summed E-state index contributed by atoms with van der Waals surface area (Å²) in [7, 11) is 1.36. The van der Waals surface area contributed by atoms with Gasteiger partial charge in [0.2, 0.25) is 0 Å².